The summed E-state index contributed by atoms with van der Waals surface area (Å²) in [7, 11) is 0. The number of benzene rings is 1. The van der Waals surface area contributed by atoms with Crippen LogP contribution in [0.1, 0.15) is 0 Å². The summed E-state index contributed by atoms with van der Waals surface area (Å²) >= 11 is 4.88. The van der Waals surface area contributed by atoms with E-state index < -0.39 is 17.1 Å². The van der Waals surface area contributed by atoms with Crippen LogP contribution in [0.25, 0.3) is 0 Å². The van der Waals surface area contributed by atoms with Crippen LogP contribution in [-0.4, -0.2) is 17.1 Å². The van der Waals surface area contributed by atoms with E-state index in [0.717, 1.165) is 6.08 Å². The molecule has 1 saturated heterocycles. The van der Waals surface area contributed by atoms with E-state index in [9.17, 15) is 14.4 Å². The molecule has 0 aromatic heterocycles. The molecule has 92 valence electrons. The molecular weight excluding hydrogens is 272 g/mol. The van der Waals surface area contributed by atoms with Crippen molar-refractivity contribution in [2.75, 3.05) is 5.32 Å². The van der Waals surface area contributed by atoms with Crippen molar-refractivity contribution in [3.05, 3.63) is 35.2 Å². The fraction of sp³-hybridized carbons (Fsp3) is 0. The lowest BCUT2D eigenvalue weighted by molar-refractivity contribution is -0.116. The van der Waals surface area contributed by atoms with E-state index in [1.807, 2.05) is 0 Å². The molecule has 0 radical (unpaired) electrons. The number of nitrogens with one attached hydrogen (secondary N) is 2. The van der Waals surface area contributed by atoms with Crippen LogP contribution in [0.2, 0.25) is 0 Å². The first-order chi connectivity index (χ1) is 8.56. The number of carbonyl (C=O) groups is 3. The molecule has 1 heterocycles. The first-order valence-electron chi connectivity index (χ1n) is 4.90. The van der Waals surface area contributed by atoms with Crippen molar-refractivity contribution in [2.24, 2.45) is 0 Å². The van der Waals surface area contributed by atoms with E-state index in [0.29, 0.717) is 22.3 Å². The molecule has 0 unspecified atom stereocenters. The smallest absolute Gasteiger partial charge is 0.290 e. The number of imide groups is 1. The summed E-state index contributed by atoms with van der Waals surface area (Å²) in [5, 5.41) is 4.17. The number of anilines is 1. The molecule has 0 bridgehead atoms. The molecule has 0 spiro atoms. The summed E-state index contributed by atoms with van der Waals surface area (Å²) in [6, 6.07) is 6.95. The zero-order valence-electron chi connectivity index (χ0n) is 8.97. The van der Waals surface area contributed by atoms with E-state index in [-0.39, 0.29) is 4.91 Å². The molecule has 2 N–H and O–H groups in total. The van der Waals surface area contributed by atoms with Crippen molar-refractivity contribution in [1.29, 1.82) is 0 Å². The van der Waals surface area contributed by atoms with Crippen LogP contribution in [0.4, 0.5) is 10.5 Å². The summed E-state index contributed by atoms with van der Waals surface area (Å²) in [4.78, 5) is 34.5. The quantitative estimate of drug-likeness (QED) is 0.570. The third kappa shape index (κ3) is 2.93. The number of amides is 3. The minimum Gasteiger partial charge on any atom is -0.321 e. The average Bonchev–Trinajstić information content (AvgIpc) is 2.61. The summed E-state index contributed by atoms with van der Waals surface area (Å²) < 4.78 is 0. The molecule has 7 heteroatoms. The van der Waals surface area contributed by atoms with E-state index in [1.165, 1.54) is 0 Å². The van der Waals surface area contributed by atoms with Crippen molar-refractivity contribution < 1.29 is 14.4 Å². The zero-order valence-corrected chi connectivity index (χ0v) is 10.7. The van der Waals surface area contributed by atoms with Gasteiger partial charge in [0.15, 0.2) is 0 Å². The van der Waals surface area contributed by atoms with Gasteiger partial charge in [-0.15, -0.1) is 12.6 Å². The second kappa shape index (κ2) is 5.28. The van der Waals surface area contributed by atoms with Gasteiger partial charge in [-0.3, -0.25) is 19.7 Å². The lowest BCUT2D eigenvalue weighted by Crippen LogP contribution is -2.18. The van der Waals surface area contributed by atoms with E-state index in [1.54, 1.807) is 24.3 Å². The van der Waals surface area contributed by atoms with E-state index >= 15 is 0 Å². The molecule has 1 aromatic carbocycles. The molecule has 1 aliphatic rings. The van der Waals surface area contributed by atoms with Crippen LogP contribution in [0.5, 0.6) is 0 Å². The number of hydrogen-bond donors (Lipinski definition) is 3. The molecule has 18 heavy (non-hydrogen) atoms. The van der Waals surface area contributed by atoms with Crippen LogP contribution in [-0.2, 0) is 9.59 Å². The molecule has 1 aliphatic heterocycles. The number of hydrogen-bond acceptors (Lipinski definition) is 5. The minimum absolute atomic E-state index is 0.0779. The van der Waals surface area contributed by atoms with Gasteiger partial charge in [0, 0.05) is 11.0 Å². The molecule has 5 nitrogen and oxygen atoms in total. The van der Waals surface area contributed by atoms with Crippen molar-refractivity contribution in [2.45, 2.75) is 4.90 Å². The van der Waals surface area contributed by atoms with Gasteiger partial charge in [-0.05, 0) is 23.9 Å². The Balaban J connectivity index is 2.10. The first-order valence-corrected chi connectivity index (χ1v) is 6.16. The van der Waals surface area contributed by atoms with Gasteiger partial charge in [0.1, 0.15) is 0 Å². The van der Waals surface area contributed by atoms with Crippen LogP contribution >= 0.6 is 24.4 Å². The number of rotatable bonds is 2. The predicted molar refractivity (Wildman–Crippen MR) is 71.5 cm³/mol. The molecule has 0 aliphatic carbocycles. The van der Waals surface area contributed by atoms with Gasteiger partial charge in [0.2, 0.25) is 5.91 Å². The van der Waals surface area contributed by atoms with Gasteiger partial charge >= 0.3 is 0 Å². The summed E-state index contributed by atoms with van der Waals surface area (Å²) in [5.41, 5.74) is 0.539. The highest BCUT2D eigenvalue weighted by Crippen LogP contribution is 2.23. The number of thioether (sulfide) groups is 1. The third-order valence-corrected chi connectivity index (χ3v) is 3.27. The summed E-state index contributed by atoms with van der Waals surface area (Å²) in [6.07, 6.45) is 1.09. The summed E-state index contributed by atoms with van der Waals surface area (Å²) in [5.74, 6) is -1.04. The van der Waals surface area contributed by atoms with Crippen LogP contribution in [0, 0.1) is 0 Å². The fourth-order valence-electron chi connectivity index (χ4n) is 1.29. The number of para-hydroxylation sites is 1. The van der Waals surface area contributed by atoms with Crippen molar-refractivity contribution >= 4 is 47.1 Å². The highest BCUT2D eigenvalue weighted by molar-refractivity contribution is 8.18. The van der Waals surface area contributed by atoms with Gasteiger partial charge in [0.05, 0.1) is 10.6 Å². The largest absolute Gasteiger partial charge is 0.321 e. The highest BCUT2D eigenvalue weighted by Gasteiger charge is 2.25. The van der Waals surface area contributed by atoms with E-state index in [4.69, 9.17) is 0 Å². The van der Waals surface area contributed by atoms with Crippen molar-refractivity contribution in [3.8, 4) is 0 Å². The standard InChI is InChI=1S/C11H8N2O3S2/c14-9(5-8-10(15)13-11(16)18-8)12-6-3-1-2-4-7(6)17/h1-5,17H,(H,12,14)(H,13,15,16)/b8-5-. The third-order valence-electron chi connectivity index (χ3n) is 2.07. The van der Waals surface area contributed by atoms with Crippen molar-refractivity contribution in [3.63, 3.8) is 0 Å². The maximum absolute atomic E-state index is 11.6. The van der Waals surface area contributed by atoms with E-state index in [2.05, 4.69) is 23.3 Å². The van der Waals surface area contributed by atoms with Crippen LogP contribution < -0.4 is 10.6 Å². The molecular formula is C11H8N2O3S2. The first kappa shape index (κ1) is 12.7. The maximum atomic E-state index is 11.6. The molecule has 1 fully saturated rings. The fourth-order valence-corrected chi connectivity index (χ4v) is 2.16. The second-order valence-electron chi connectivity index (χ2n) is 3.36. The molecule has 2 rings (SSSR count). The second-order valence-corrected chi connectivity index (χ2v) is 4.86. The summed E-state index contributed by atoms with van der Waals surface area (Å²) in [6.45, 7) is 0. The van der Waals surface area contributed by atoms with Gasteiger partial charge in [-0.2, -0.15) is 0 Å². The SMILES string of the molecule is O=C(/C=C1\SC(=O)NC1=O)Nc1ccccc1S. The topological polar surface area (TPSA) is 75.3 Å². The Bertz CT molecular complexity index is 569. The maximum Gasteiger partial charge on any atom is 0.290 e. The Morgan fingerprint density at radius 2 is 2.06 bits per heavy atom. The Kier molecular flexibility index (Phi) is 3.73. The van der Waals surface area contributed by atoms with Gasteiger partial charge in [-0.25, -0.2) is 0 Å². The normalized spacial score (nSPS) is 16.8. The van der Waals surface area contributed by atoms with Gasteiger partial charge < -0.3 is 5.32 Å². The minimum atomic E-state index is -0.556. The van der Waals surface area contributed by atoms with Crippen LogP contribution in [0.15, 0.2) is 40.1 Å². The molecule has 3 amide bonds. The lowest BCUT2D eigenvalue weighted by Gasteiger charge is -2.04. The molecule has 0 atom stereocenters. The molecule has 0 saturated carbocycles. The van der Waals surface area contributed by atoms with Crippen LogP contribution in [0.3, 0.4) is 0 Å². The Labute approximate surface area is 112 Å². The number of carbonyl (C=O) groups excluding carboxylic acids is 3. The zero-order chi connectivity index (χ0) is 13.1. The monoisotopic (exact) mass is 280 g/mol. The predicted octanol–water partition coefficient (Wildman–Crippen LogP) is 1.78. The molecule has 1 aromatic rings. The average molecular weight is 280 g/mol. The Hall–Kier alpha value is -1.73. The Morgan fingerprint density at radius 3 is 2.67 bits per heavy atom. The highest BCUT2D eigenvalue weighted by atomic mass is 32.2. The van der Waals surface area contributed by atoms with Crippen molar-refractivity contribution in [1.82, 2.24) is 5.32 Å². The van der Waals surface area contributed by atoms with Gasteiger partial charge in [0.25, 0.3) is 11.1 Å². The Morgan fingerprint density at radius 1 is 1.33 bits per heavy atom. The lowest BCUT2D eigenvalue weighted by atomic mass is 10.3. The van der Waals surface area contributed by atoms with Gasteiger partial charge in [-0.1, -0.05) is 12.1 Å². The number of thiol groups is 1.